The van der Waals surface area contributed by atoms with E-state index >= 15 is 0 Å². The van der Waals surface area contributed by atoms with E-state index in [1.165, 1.54) is 20.4 Å². The van der Waals surface area contributed by atoms with E-state index in [1.807, 2.05) is 41.8 Å². The van der Waals surface area contributed by atoms with Gasteiger partial charge in [0.15, 0.2) is 11.5 Å². The summed E-state index contributed by atoms with van der Waals surface area (Å²) in [5.41, 5.74) is 2.61. The molecule has 5 rings (SSSR count). The van der Waals surface area contributed by atoms with Gasteiger partial charge in [-0.2, -0.15) is 4.52 Å². The first-order valence-electron chi connectivity index (χ1n) is 9.69. The maximum atomic E-state index is 13.3. The Morgan fingerprint density at radius 2 is 1.94 bits per heavy atom. The number of pyridine rings is 1. The Hall–Kier alpha value is -3.85. The third-order valence-electron chi connectivity index (χ3n) is 4.86. The number of aromatic nitrogens is 5. The summed E-state index contributed by atoms with van der Waals surface area (Å²) in [7, 11) is 0. The molecule has 9 heteroatoms. The molecule has 0 saturated carbocycles. The van der Waals surface area contributed by atoms with Crippen molar-refractivity contribution >= 4 is 33.2 Å². The average molecular weight is 431 g/mol. The van der Waals surface area contributed by atoms with Crippen molar-refractivity contribution in [2.45, 2.75) is 13.5 Å². The van der Waals surface area contributed by atoms with Gasteiger partial charge < -0.3 is 4.74 Å². The van der Waals surface area contributed by atoms with Crippen LogP contribution in [0.1, 0.15) is 6.92 Å². The molecule has 154 valence electrons. The lowest BCUT2D eigenvalue weighted by atomic mass is 10.1. The molecule has 0 amide bonds. The maximum absolute atomic E-state index is 13.3. The number of ether oxygens (including phenoxy) is 1. The van der Waals surface area contributed by atoms with Crippen molar-refractivity contribution < 1.29 is 9.53 Å². The fraction of sp³-hybridized carbons (Fsp3) is 0.136. The largest absolute Gasteiger partial charge is 0.465 e. The van der Waals surface area contributed by atoms with Gasteiger partial charge in [-0.15, -0.1) is 16.4 Å². The lowest BCUT2D eigenvalue weighted by molar-refractivity contribution is -0.143. The molecule has 5 aromatic rings. The predicted molar refractivity (Wildman–Crippen MR) is 118 cm³/mol. The van der Waals surface area contributed by atoms with Crippen LogP contribution >= 0.6 is 11.3 Å². The van der Waals surface area contributed by atoms with E-state index in [1.54, 1.807) is 25.4 Å². The fourth-order valence-corrected chi connectivity index (χ4v) is 4.57. The summed E-state index contributed by atoms with van der Waals surface area (Å²) < 4.78 is 7.74. The van der Waals surface area contributed by atoms with Crippen molar-refractivity contribution in [2.75, 3.05) is 6.61 Å². The molecule has 0 fully saturated rings. The first-order valence-corrected chi connectivity index (χ1v) is 10.6. The normalized spacial score (nSPS) is 11.3. The summed E-state index contributed by atoms with van der Waals surface area (Å²) in [6.45, 7) is 1.78. The molecular formula is C22H17N5O3S. The van der Waals surface area contributed by atoms with Crippen LogP contribution in [0.15, 0.2) is 65.0 Å². The molecule has 0 aliphatic carbocycles. The van der Waals surface area contributed by atoms with E-state index in [4.69, 9.17) is 4.74 Å². The van der Waals surface area contributed by atoms with Crippen LogP contribution in [0.2, 0.25) is 0 Å². The Labute approximate surface area is 180 Å². The minimum Gasteiger partial charge on any atom is -0.465 e. The number of hydrogen-bond donors (Lipinski definition) is 0. The van der Waals surface area contributed by atoms with E-state index in [0.29, 0.717) is 21.9 Å². The summed E-state index contributed by atoms with van der Waals surface area (Å²) in [6, 6.07) is 13.5. The molecule has 0 bridgehead atoms. The molecule has 0 atom stereocenters. The molecule has 0 saturated heterocycles. The summed E-state index contributed by atoms with van der Waals surface area (Å²) in [6.07, 6.45) is 3.31. The van der Waals surface area contributed by atoms with Crippen molar-refractivity contribution in [1.29, 1.82) is 0 Å². The van der Waals surface area contributed by atoms with Gasteiger partial charge in [0.1, 0.15) is 11.4 Å². The molecule has 0 N–H and O–H groups in total. The summed E-state index contributed by atoms with van der Waals surface area (Å²) in [5.74, 6) is -0.0851. The van der Waals surface area contributed by atoms with Crippen LogP contribution in [0.4, 0.5) is 0 Å². The highest BCUT2D eigenvalue weighted by molar-refractivity contribution is 7.17. The van der Waals surface area contributed by atoms with E-state index in [0.717, 1.165) is 16.5 Å². The number of nitrogens with zero attached hydrogens (tertiary/aromatic N) is 5. The molecule has 0 aliphatic rings. The number of hydrogen-bond acceptors (Lipinski definition) is 7. The first kappa shape index (κ1) is 19.1. The smallest absolute Gasteiger partial charge is 0.352 e. The Kier molecular flexibility index (Phi) is 4.79. The quantitative estimate of drug-likeness (QED) is 0.396. The Balaban J connectivity index is 1.83. The minimum atomic E-state index is -0.479. The Morgan fingerprint density at radius 3 is 2.68 bits per heavy atom. The molecule has 0 radical (unpaired) electrons. The van der Waals surface area contributed by atoms with Crippen molar-refractivity contribution in [2.24, 2.45) is 0 Å². The van der Waals surface area contributed by atoms with Crippen LogP contribution in [0.25, 0.3) is 38.4 Å². The monoisotopic (exact) mass is 431 g/mol. The average Bonchev–Trinajstić information content (AvgIpc) is 3.43. The maximum Gasteiger partial charge on any atom is 0.352 e. The van der Waals surface area contributed by atoms with Crippen LogP contribution in [0, 0.1) is 0 Å². The number of carbonyl (C=O) groups is 1. The summed E-state index contributed by atoms with van der Waals surface area (Å²) >= 11 is 1.39. The van der Waals surface area contributed by atoms with E-state index in [2.05, 4.69) is 15.1 Å². The van der Waals surface area contributed by atoms with Crippen LogP contribution in [0.3, 0.4) is 0 Å². The van der Waals surface area contributed by atoms with Gasteiger partial charge >= 0.3 is 11.7 Å². The van der Waals surface area contributed by atoms with Gasteiger partial charge in [-0.25, -0.2) is 9.78 Å². The van der Waals surface area contributed by atoms with Gasteiger partial charge in [0.2, 0.25) is 0 Å². The number of rotatable bonds is 5. The number of benzene rings is 1. The zero-order valence-corrected chi connectivity index (χ0v) is 17.4. The highest BCUT2D eigenvalue weighted by Crippen LogP contribution is 2.35. The molecule has 0 unspecified atom stereocenters. The third-order valence-corrected chi connectivity index (χ3v) is 5.86. The number of thiophene rings is 1. The van der Waals surface area contributed by atoms with E-state index in [9.17, 15) is 9.59 Å². The Bertz CT molecular complexity index is 1460. The lowest BCUT2D eigenvalue weighted by Crippen LogP contribution is -2.30. The molecule has 31 heavy (non-hydrogen) atoms. The number of esters is 1. The van der Waals surface area contributed by atoms with Gasteiger partial charge in [0, 0.05) is 28.9 Å². The van der Waals surface area contributed by atoms with E-state index in [-0.39, 0.29) is 13.2 Å². The topological polar surface area (TPSA) is 91.4 Å². The SMILES string of the molecule is CCOC(=O)Cn1c(=O)n2nc(-c3cccnc3)nc2c2c(-c3ccccc3)csc21. The van der Waals surface area contributed by atoms with Crippen molar-refractivity contribution in [1.82, 2.24) is 24.1 Å². The van der Waals surface area contributed by atoms with Gasteiger partial charge in [0.25, 0.3) is 0 Å². The molecular weight excluding hydrogens is 414 g/mol. The fourth-order valence-electron chi connectivity index (χ4n) is 3.49. The molecule has 1 aromatic carbocycles. The standard InChI is InChI=1S/C22H17N5O3S/c1-2-30-17(28)12-26-21-18(16(13-31-21)14-7-4-3-5-8-14)20-24-19(25-27(20)22(26)29)15-9-6-10-23-11-15/h3-11,13H,2,12H2,1H3. The van der Waals surface area contributed by atoms with Gasteiger partial charge in [-0.3, -0.25) is 14.3 Å². The van der Waals surface area contributed by atoms with Crippen molar-refractivity contribution in [3.05, 3.63) is 70.7 Å². The van der Waals surface area contributed by atoms with Crippen molar-refractivity contribution in [3.8, 4) is 22.5 Å². The zero-order valence-electron chi connectivity index (χ0n) is 16.6. The van der Waals surface area contributed by atoms with Gasteiger partial charge in [0.05, 0.1) is 12.0 Å². The highest BCUT2D eigenvalue weighted by Gasteiger charge is 2.22. The second-order valence-electron chi connectivity index (χ2n) is 6.78. The van der Waals surface area contributed by atoms with Gasteiger partial charge in [-0.05, 0) is 24.6 Å². The Morgan fingerprint density at radius 1 is 1.13 bits per heavy atom. The number of carbonyl (C=O) groups excluding carboxylic acids is 1. The minimum absolute atomic E-state index is 0.198. The highest BCUT2D eigenvalue weighted by atomic mass is 32.1. The van der Waals surface area contributed by atoms with Crippen LogP contribution in [0.5, 0.6) is 0 Å². The summed E-state index contributed by atoms with van der Waals surface area (Å²) in [5, 5.41) is 7.18. The van der Waals surface area contributed by atoms with Gasteiger partial charge in [-0.1, -0.05) is 30.3 Å². The number of fused-ring (bicyclic) bond motifs is 3. The molecule has 0 aliphatic heterocycles. The second-order valence-corrected chi connectivity index (χ2v) is 7.64. The molecule has 0 spiro atoms. The predicted octanol–water partition coefficient (Wildman–Crippen LogP) is 3.40. The third kappa shape index (κ3) is 3.28. The van der Waals surface area contributed by atoms with Crippen LogP contribution in [-0.2, 0) is 16.1 Å². The van der Waals surface area contributed by atoms with E-state index < -0.39 is 11.7 Å². The molecule has 4 aromatic heterocycles. The van der Waals surface area contributed by atoms with Crippen molar-refractivity contribution in [3.63, 3.8) is 0 Å². The first-order chi connectivity index (χ1) is 15.2. The second kappa shape index (κ2) is 7.77. The summed E-state index contributed by atoms with van der Waals surface area (Å²) in [4.78, 5) is 34.9. The molecule has 8 nitrogen and oxygen atoms in total. The van der Waals surface area contributed by atoms with Crippen LogP contribution < -0.4 is 5.69 Å². The molecule has 4 heterocycles. The van der Waals surface area contributed by atoms with Crippen LogP contribution in [-0.4, -0.2) is 36.7 Å². The zero-order chi connectivity index (χ0) is 21.4. The lowest BCUT2D eigenvalue weighted by Gasteiger charge is -2.08.